The van der Waals surface area contributed by atoms with Crippen molar-refractivity contribution >= 4 is 17.1 Å². The fourth-order valence-corrected chi connectivity index (χ4v) is 3.05. The van der Waals surface area contributed by atoms with Gasteiger partial charge in [-0.2, -0.15) is 0 Å². The molecule has 26 heavy (non-hydrogen) atoms. The van der Waals surface area contributed by atoms with Crippen molar-refractivity contribution in [2.24, 2.45) is 10.7 Å². The Morgan fingerprint density at radius 1 is 0.769 bits per heavy atom. The molecule has 0 bridgehead atoms. The van der Waals surface area contributed by atoms with Crippen LogP contribution in [0.4, 0.5) is 5.69 Å². The smallest absolute Gasteiger partial charge is 0.227 e. The third-order valence-corrected chi connectivity index (χ3v) is 4.43. The van der Waals surface area contributed by atoms with Gasteiger partial charge in [0.15, 0.2) is 0 Å². The molecule has 0 radical (unpaired) electrons. The number of aliphatic imine (C=N–C) groups is 1. The van der Waals surface area contributed by atoms with Gasteiger partial charge in [0.1, 0.15) is 17.7 Å². The molecule has 3 aromatic carbocycles. The predicted octanol–water partition coefficient (Wildman–Crippen LogP) is 3.90. The lowest BCUT2D eigenvalue weighted by Crippen LogP contribution is -2.48. The van der Waals surface area contributed by atoms with Gasteiger partial charge in [0.25, 0.3) is 0 Å². The SMILES string of the molecule is Nc1ccccc1C1=COC(N)(c2ccccc2)C(c2ccccc2)=N1. The molecule has 1 unspecified atom stereocenters. The standard InChI is InChI=1S/C22H19N3O/c23-19-14-8-7-13-18(19)20-15-26-22(24,17-11-5-2-6-12-17)21(25-20)16-9-3-1-4-10-16/h1-15H,23-24H2. The minimum Gasteiger partial charge on any atom is -0.468 e. The summed E-state index contributed by atoms with van der Waals surface area (Å²) in [4.78, 5) is 4.86. The van der Waals surface area contributed by atoms with Gasteiger partial charge in [-0.05, 0) is 6.07 Å². The number of hydrogen-bond donors (Lipinski definition) is 2. The normalized spacial score (nSPS) is 19.3. The molecule has 1 atom stereocenters. The van der Waals surface area contributed by atoms with E-state index in [1.54, 1.807) is 6.26 Å². The molecule has 0 fully saturated rings. The molecule has 4 nitrogen and oxygen atoms in total. The maximum atomic E-state index is 6.71. The molecule has 4 heteroatoms. The van der Waals surface area contributed by atoms with Crippen LogP contribution in [0.1, 0.15) is 16.7 Å². The molecule has 4 rings (SSSR count). The number of para-hydroxylation sites is 1. The average Bonchev–Trinajstić information content (AvgIpc) is 2.70. The van der Waals surface area contributed by atoms with E-state index in [9.17, 15) is 0 Å². The molecular weight excluding hydrogens is 322 g/mol. The van der Waals surface area contributed by atoms with Crippen molar-refractivity contribution in [3.05, 3.63) is 108 Å². The second-order valence-corrected chi connectivity index (χ2v) is 6.14. The fourth-order valence-electron chi connectivity index (χ4n) is 3.05. The van der Waals surface area contributed by atoms with Crippen LogP contribution in [-0.2, 0) is 10.5 Å². The van der Waals surface area contributed by atoms with E-state index in [4.69, 9.17) is 21.2 Å². The molecule has 4 N–H and O–H groups in total. The maximum Gasteiger partial charge on any atom is 0.227 e. The minimum absolute atomic E-state index is 0.641. The summed E-state index contributed by atoms with van der Waals surface area (Å²) >= 11 is 0. The monoisotopic (exact) mass is 341 g/mol. The minimum atomic E-state index is -1.17. The van der Waals surface area contributed by atoms with Crippen molar-refractivity contribution in [2.45, 2.75) is 5.72 Å². The van der Waals surface area contributed by atoms with Crippen LogP contribution in [0.25, 0.3) is 5.70 Å². The summed E-state index contributed by atoms with van der Waals surface area (Å²) in [5.41, 5.74) is 16.1. The number of ether oxygens (including phenoxy) is 1. The highest BCUT2D eigenvalue weighted by molar-refractivity contribution is 6.10. The Labute approximate surface area is 152 Å². The molecular formula is C22H19N3O. The van der Waals surface area contributed by atoms with Gasteiger partial charge in [-0.1, -0.05) is 78.9 Å². The second-order valence-electron chi connectivity index (χ2n) is 6.14. The van der Waals surface area contributed by atoms with Gasteiger partial charge < -0.3 is 10.5 Å². The van der Waals surface area contributed by atoms with Crippen LogP contribution < -0.4 is 11.5 Å². The van der Waals surface area contributed by atoms with E-state index in [-0.39, 0.29) is 0 Å². The van der Waals surface area contributed by atoms with Gasteiger partial charge in [0, 0.05) is 22.4 Å². The summed E-state index contributed by atoms with van der Waals surface area (Å²) in [5.74, 6) is 0. The Hall–Kier alpha value is -3.37. The van der Waals surface area contributed by atoms with E-state index in [2.05, 4.69) is 0 Å². The summed E-state index contributed by atoms with van der Waals surface area (Å²) in [6, 6.07) is 27.1. The Kier molecular flexibility index (Phi) is 4.03. The van der Waals surface area contributed by atoms with E-state index in [0.717, 1.165) is 16.7 Å². The zero-order valence-electron chi connectivity index (χ0n) is 14.2. The van der Waals surface area contributed by atoms with E-state index >= 15 is 0 Å². The van der Waals surface area contributed by atoms with E-state index < -0.39 is 5.72 Å². The lowest BCUT2D eigenvalue weighted by molar-refractivity contribution is 0.0902. The molecule has 1 heterocycles. The Balaban J connectivity index is 1.87. The topological polar surface area (TPSA) is 73.6 Å². The summed E-state index contributed by atoms with van der Waals surface area (Å²) in [6.07, 6.45) is 1.59. The van der Waals surface area contributed by atoms with E-state index in [1.807, 2.05) is 84.9 Å². The number of anilines is 1. The summed E-state index contributed by atoms with van der Waals surface area (Å²) in [7, 11) is 0. The molecule has 0 saturated carbocycles. The van der Waals surface area contributed by atoms with Crippen LogP contribution in [0, 0.1) is 0 Å². The molecule has 1 aliphatic heterocycles. The third kappa shape index (κ3) is 2.76. The number of benzene rings is 3. The van der Waals surface area contributed by atoms with Crippen LogP contribution in [0.2, 0.25) is 0 Å². The summed E-state index contributed by atoms with van der Waals surface area (Å²) in [5, 5.41) is 0. The molecule has 0 aliphatic carbocycles. The van der Waals surface area contributed by atoms with E-state index in [0.29, 0.717) is 17.1 Å². The van der Waals surface area contributed by atoms with Crippen molar-refractivity contribution in [3.63, 3.8) is 0 Å². The quantitative estimate of drug-likeness (QED) is 0.710. The van der Waals surface area contributed by atoms with Gasteiger partial charge in [0.05, 0.1) is 0 Å². The van der Waals surface area contributed by atoms with Crippen molar-refractivity contribution in [2.75, 3.05) is 5.73 Å². The Morgan fingerprint density at radius 3 is 2.08 bits per heavy atom. The van der Waals surface area contributed by atoms with Gasteiger partial charge in [-0.25, -0.2) is 4.99 Å². The van der Waals surface area contributed by atoms with Gasteiger partial charge in [0.2, 0.25) is 5.72 Å². The van der Waals surface area contributed by atoms with Gasteiger partial charge in [-0.15, -0.1) is 0 Å². The number of nitrogen functional groups attached to an aromatic ring is 1. The number of hydrogen-bond acceptors (Lipinski definition) is 4. The van der Waals surface area contributed by atoms with Crippen molar-refractivity contribution in [3.8, 4) is 0 Å². The predicted molar refractivity (Wildman–Crippen MR) is 105 cm³/mol. The first-order valence-corrected chi connectivity index (χ1v) is 8.40. The first kappa shape index (κ1) is 16.1. The summed E-state index contributed by atoms with van der Waals surface area (Å²) < 4.78 is 6.07. The molecule has 128 valence electrons. The van der Waals surface area contributed by atoms with Gasteiger partial charge >= 0.3 is 0 Å². The fraction of sp³-hybridized carbons (Fsp3) is 0.0455. The van der Waals surface area contributed by atoms with Crippen LogP contribution in [0.15, 0.2) is 96.2 Å². The molecule has 0 aromatic heterocycles. The zero-order chi connectivity index (χ0) is 18.0. The zero-order valence-corrected chi connectivity index (χ0v) is 14.2. The first-order valence-electron chi connectivity index (χ1n) is 8.40. The second kappa shape index (κ2) is 6.50. The van der Waals surface area contributed by atoms with Crippen LogP contribution in [0.5, 0.6) is 0 Å². The van der Waals surface area contributed by atoms with Crippen LogP contribution >= 0.6 is 0 Å². The van der Waals surface area contributed by atoms with Crippen LogP contribution in [-0.4, -0.2) is 5.71 Å². The molecule has 3 aromatic rings. The van der Waals surface area contributed by atoms with Gasteiger partial charge in [-0.3, -0.25) is 5.73 Å². The number of nitrogens with two attached hydrogens (primary N) is 2. The Bertz CT molecular complexity index is 981. The van der Waals surface area contributed by atoms with Crippen molar-refractivity contribution < 1.29 is 4.74 Å². The number of rotatable bonds is 3. The summed E-state index contributed by atoms with van der Waals surface area (Å²) in [6.45, 7) is 0. The average molecular weight is 341 g/mol. The lowest BCUT2D eigenvalue weighted by Gasteiger charge is -2.34. The largest absolute Gasteiger partial charge is 0.468 e. The third-order valence-electron chi connectivity index (χ3n) is 4.43. The first-order chi connectivity index (χ1) is 12.7. The molecule has 1 aliphatic rings. The maximum absolute atomic E-state index is 6.71. The lowest BCUT2D eigenvalue weighted by atomic mass is 9.92. The molecule has 0 amide bonds. The molecule has 0 spiro atoms. The Morgan fingerprint density at radius 2 is 1.38 bits per heavy atom. The van der Waals surface area contributed by atoms with Crippen molar-refractivity contribution in [1.82, 2.24) is 0 Å². The van der Waals surface area contributed by atoms with E-state index in [1.165, 1.54) is 0 Å². The highest BCUT2D eigenvalue weighted by Gasteiger charge is 2.38. The molecule has 0 saturated heterocycles. The highest BCUT2D eigenvalue weighted by atomic mass is 16.5. The highest BCUT2D eigenvalue weighted by Crippen LogP contribution is 2.34. The van der Waals surface area contributed by atoms with Crippen LogP contribution in [0.3, 0.4) is 0 Å². The van der Waals surface area contributed by atoms with Crippen molar-refractivity contribution in [1.29, 1.82) is 0 Å². The number of nitrogens with zero attached hydrogens (tertiary/aromatic N) is 1.